The maximum absolute atomic E-state index is 12.3. The largest absolute Gasteiger partial charge is 0.481 e. The minimum absolute atomic E-state index is 0.228. The van der Waals surface area contributed by atoms with Gasteiger partial charge in [0.25, 0.3) is 5.91 Å². The molecule has 0 saturated carbocycles. The van der Waals surface area contributed by atoms with E-state index in [1.807, 2.05) is 24.3 Å². The molecular weight excluding hydrogens is 322 g/mol. The van der Waals surface area contributed by atoms with Gasteiger partial charge in [-0.05, 0) is 18.2 Å². The first-order valence-electron chi connectivity index (χ1n) is 7.50. The monoisotopic (exact) mass is 337 g/mol. The van der Waals surface area contributed by atoms with Crippen molar-refractivity contribution in [2.45, 2.75) is 0 Å². The molecule has 1 amide bonds. The zero-order valence-corrected chi connectivity index (χ0v) is 13.4. The SMILES string of the molecule is CN1C(=O)/C(=N/N=C/c2ccccc2OCC(=O)O)c2ccccc21. The number of carboxylic acid groups (broad SMARTS) is 1. The second kappa shape index (κ2) is 6.96. The van der Waals surface area contributed by atoms with E-state index in [0.717, 1.165) is 11.3 Å². The average molecular weight is 337 g/mol. The minimum atomic E-state index is -1.07. The summed E-state index contributed by atoms with van der Waals surface area (Å²) >= 11 is 0. The van der Waals surface area contributed by atoms with E-state index >= 15 is 0 Å². The van der Waals surface area contributed by atoms with Gasteiger partial charge in [-0.2, -0.15) is 5.10 Å². The number of aliphatic carboxylic acids is 1. The van der Waals surface area contributed by atoms with Crippen LogP contribution in [0.15, 0.2) is 58.7 Å². The molecule has 7 heteroatoms. The number of hydrogen-bond donors (Lipinski definition) is 1. The molecule has 1 aliphatic rings. The highest BCUT2D eigenvalue weighted by Crippen LogP contribution is 2.27. The first-order valence-corrected chi connectivity index (χ1v) is 7.50. The summed E-state index contributed by atoms with van der Waals surface area (Å²) in [7, 11) is 1.68. The van der Waals surface area contributed by atoms with Crippen LogP contribution in [0, 0.1) is 0 Å². The molecule has 0 atom stereocenters. The molecule has 0 aliphatic carbocycles. The second-order valence-electron chi connectivity index (χ2n) is 5.29. The third kappa shape index (κ3) is 3.40. The fourth-order valence-corrected chi connectivity index (χ4v) is 2.45. The molecule has 126 valence electrons. The first kappa shape index (κ1) is 16.4. The number of anilines is 1. The van der Waals surface area contributed by atoms with E-state index in [9.17, 15) is 9.59 Å². The van der Waals surface area contributed by atoms with E-state index in [0.29, 0.717) is 11.3 Å². The van der Waals surface area contributed by atoms with Gasteiger partial charge in [0.15, 0.2) is 12.3 Å². The van der Waals surface area contributed by atoms with Crippen molar-refractivity contribution in [1.29, 1.82) is 0 Å². The van der Waals surface area contributed by atoms with E-state index in [1.165, 1.54) is 11.1 Å². The van der Waals surface area contributed by atoms with Gasteiger partial charge >= 0.3 is 5.97 Å². The Hall–Kier alpha value is -3.48. The molecule has 0 unspecified atom stereocenters. The molecule has 1 aliphatic heterocycles. The molecule has 3 rings (SSSR count). The van der Waals surface area contributed by atoms with Gasteiger partial charge in [-0.15, -0.1) is 5.10 Å². The Kier molecular flexibility index (Phi) is 4.56. The molecule has 0 spiro atoms. The van der Waals surface area contributed by atoms with Crippen LogP contribution in [0.3, 0.4) is 0 Å². The number of carbonyl (C=O) groups excluding carboxylic acids is 1. The van der Waals surface area contributed by atoms with Crippen LogP contribution in [-0.4, -0.2) is 42.6 Å². The van der Waals surface area contributed by atoms with Gasteiger partial charge in [-0.3, -0.25) is 4.79 Å². The van der Waals surface area contributed by atoms with Crippen LogP contribution in [0.5, 0.6) is 5.75 Å². The lowest BCUT2D eigenvalue weighted by atomic mass is 10.1. The fraction of sp³-hybridized carbons (Fsp3) is 0.111. The Bertz CT molecular complexity index is 889. The smallest absolute Gasteiger partial charge is 0.341 e. The van der Waals surface area contributed by atoms with Crippen LogP contribution in [-0.2, 0) is 9.59 Å². The second-order valence-corrected chi connectivity index (χ2v) is 5.29. The molecule has 0 saturated heterocycles. The number of para-hydroxylation sites is 2. The molecule has 0 aromatic heterocycles. The Labute approximate surface area is 143 Å². The molecule has 0 bridgehead atoms. The van der Waals surface area contributed by atoms with Gasteiger partial charge in [0, 0.05) is 18.2 Å². The quantitative estimate of drug-likeness (QED) is 0.667. The van der Waals surface area contributed by atoms with Crippen molar-refractivity contribution in [3.63, 3.8) is 0 Å². The van der Waals surface area contributed by atoms with Gasteiger partial charge in [0.1, 0.15) is 5.75 Å². The Morgan fingerprint density at radius 1 is 1.20 bits per heavy atom. The number of rotatable bonds is 5. The third-order valence-corrected chi connectivity index (χ3v) is 3.65. The van der Waals surface area contributed by atoms with Gasteiger partial charge < -0.3 is 14.7 Å². The van der Waals surface area contributed by atoms with E-state index in [1.54, 1.807) is 31.3 Å². The number of hydrogen-bond acceptors (Lipinski definition) is 5. The summed E-state index contributed by atoms with van der Waals surface area (Å²) in [5.41, 5.74) is 2.34. The molecular formula is C18H15N3O4. The molecule has 25 heavy (non-hydrogen) atoms. The maximum Gasteiger partial charge on any atom is 0.341 e. The minimum Gasteiger partial charge on any atom is -0.481 e. The molecule has 1 heterocycles. The highest BCUT2D eigenvalue weighted by Gasteiger charge is 2.30. The van der Waals surface area contributed by atoms with E-state index < -0.39 is 12.6 Å². The van der Waals surface area contributed by atoms with E-state index in [4.69, 9.17) is 9.84 Å². The number of nitrogens with zero attached hydrogens (tertiary/aromatic N) is 3. The summed E-state index contributed by atoms with van der Waals surface area (Å²) < 4.78 is 5.20. The van der Waals surface area contributed by atoms with Crippen LogP contribution in [0.1, 0.15) is 11.1 Å². The number of benzene rings is 2. The standard InChI is InChI=1S/C18H15N3O4/c1-21-14-8-4-3-7-13(14)17(18(21)24)20-19-10-12-6-2-5-9-15(12)25-11-16(22)23/h2-10H,11H2,1H3,(H,22,23)/b19-10+,20-17+. The van der Waals surface area contributed by atoms with Gasteiger partial charge in [0.2, 0.25) is 0 Å². The number of carboxylic acids is 1. The normalized spacial score (nSPS) is 15.0. The molecule has 2 aromatic rings. The lowest BCUT2D eigenvalue weighted by Crippen LogP contribution is -2.25. The number of amides is 1. The third-order valence-electron chi connectivity index (χ3n) is 3.65. The van der Waals surface area contributed by atoms with Crippen LogP contribution >= 0.6 is 0 Å². The number of carbonyl (C=O) groups is 2. The highest BCUT2D eigenvalue weighted by molar-refractivity contribution is 6.54. The lowest BCUT2D eigenvalue weighted by Gasteiger charge is -2.07. The zero-order chi connectivity index (χ0) is 17.8. The van der Waals surface area contributed by atoms with Crippen molar-refractivity contribution in [2.24, 2.45) is 10.2 Å². The predicted molar refractivity (Wildman–Crippen MR) is 93.6 cm³/mol. The molecule has 0 radical (unpaired) electrons. The van der Waals surface area contributed by atoms with Gasteiger partial charge in [-0.1, -0.05) is 30.3 Å². The lowest BCUT2D eigenvalue weighted by molar-refractivity contribution is -0.139. The Balaban J connectivity index is 1.85. The predicted octanol–water partition coefficient (Wildman–Crippen LogP) is 1.95. The summed E-state index contributed by atoms with van der Waals surface area (Å²) in [4.78, 5) is 24.4. The Morgan fingerprint density at radius 2 is 1.92 bits per heavy atom. The fourth-order valence-electron chi connectivity index (χ4n) is 2.45. The van der Waals surface area contributed by atoms with Crippen LogP contribution in [0.25, 0.3) is 0 Å². The summed E-state index contributed by atoms with van der Waals surface area (Å²) in [6, 6.07) is 14.2. The summed E-state index contributed by atoms with van der Waals surface area (Å²) in [5.74, 6) is -0.916. The van der Waals surface area contributed by atoms with Crippen molar-refractivity contribution < 1.29 is 19.4 Å². The van der Waals surface area contributed by atoms with Gasteiger partial charge in [-0.25, -0.2) is 4.79 Å². The van der Waals surface area contributed by atoms with Crippen molar-refractivity contribution >= 4 is 29.5 Å². The van der Waals surface area contributed by atoms with Crippen LogP contribution < -0.4 is 9.64 Å². The first-order chi connectivity index (χ1) is 12.1. The van der Waals surface area contributed by atoms with Crippen LogP contribution in [0.4, 0.5) is 5.69 Å². The molecule has 2 aromatic carbocycles. The summed E-state index contributed by atoms with van der Waals surface area (Å²) in [6.45, 7) is -0.448. The van der Waals surface area contributed by atoms with E-state index in [2.05, 4.69) is 10.2 Å². The van der Waals surface area contributed by atoms with Crippen molar-refractivity contribution in [3.8, 4) is 5.75 Å². The summed E-state index contributed by atoms with van der Waals surface area (Å²) in [5, 5.41) is 16.7. The van der Waals surface area contributed by atoms with Crippen molar-refractivity contribution in [3.05, 3.63) is 59.7 Å². The van der Waals surface area contributed by atoms with Crippen LogP contribution in [0.2, 0.25) is 0 Å². The summed E-state index contributed by atoms with van der Waals surface area (Å²) in [6.07, 6.45) is 1.43. The Morgan fingerprint density at radius 3 is 2.72 bits per heavy atom. The number of fused-ring (bicyclic) bond motifs is 1. The molecule has 1 N–H and O–H groups in total. The zero-order valence-electron chi connectivity index (χ0n) is 13.4. The highest BCUT2D eigenvalue weighted by atomic mass is 16.5. The topological polar surface area (TPSA) is 91.6 Å². The average Bonchev–Trinajstić information content (AvgIpc) is 2.86. The van der Waals surface area contributed by atoms with Crippen molar-refractivity contribution in [2.75, 3.05) is 18.6 Å². The van der Waals surface area contributed by atoms with Gasteiger partial charge in [0.05, 0.1) is 11.9 Å². The molecule has 0 fully saturated rings. The van der Waals surface area contributed by atoms with E-state index in [-0.39, 0.29) is 11.6 Å². The number of ether oxygens (including phenoxy) is 1. The maximum atomic E-state index is 12.3. The molecule has 7 nitrogen and oxygen atoms in total. The number of likely N-dealkylation sites (N-methyl/N-ethyl adjacent to an activating group) is 1. The van der Waals surface area contributed by atoms with Crippen molar-refractivity contribution in [1.82, 2.24) is 0 Å².